The largest absolute Gasteiger partial charge is 0.352 e. The van der Waals surface area contributed by atoms with Crippen LogP contribution in [0.1, 0.15) is 16.2 Å². The summed E-state index contributed by atoms with van der Waals surface area (Å²) in [4.78, 5) is 15.1. The van der Waals surface area contributed by atoms with Gasteiger partial charge in [0.15, 0.2) is 4.77 Å². The van der Waals surface area contributed by atoms with E-state index in [4.69, 9.17) is 12.2 Å². The molecule has 1 amide bonds. The molecule has 0 fully saturated rings. The van der Waals surface area contributed by atoms with Gasteiger partial charge in [-0.1, -0.05) is 0 Å². The lowest BCUT2D eigenvalue weighted by Gasteiger charge is -2.04. The molecule has 0 radical (unpaired) electrons. The van der Waals surface area contributed by atoms with E-state index in [0.29, 0.717) is 17.7 Å². The zero-order valence-corrected chi connectivity index (χ0v) is 11.0. The SMILES string of the molecule is Cn1c(CCNC(=O)c2ccnc(F)c2)n[nH]c1=S. The Bertz CT molecular complexity index is 651. The highest BCUT2D eigenvalue weighted by atomic mass is 32.1. The second kappa shape index (κ2) is 5.70. The average molecular weight is 281 g/mol. The maximum absolute atomic E-state index is 12.9. The summed E-state index contributed by atoms with van der Waals surface area (Å²) < 4.78 is 15.1. The molecule has 0 spiro atoms. The van der Waals surface area contributed by atoms with Crippen LogP contribution in [0.15, 0.2) is 18.3 Å². The molecule has 0 atom stereocenters. The van der Waals surface area contributed by atoms with E-state index in [-0.39, 0.29) is 11.5 Å². The number of nitrogens with zero attached hydrogens (tertiary/aromatic N) is 3. The Balaban J connectivity index is 1.91. The fourth-order valence-corrected chi connectivity index (χ4v) is 1.69. The number of carbonyl (C=O) groups excluding carboxylic acids is 1. The maximum Gasteiger partial charge on any atom is 0.251 e. The van der Waals surface area contributed by atoms with Gasteiger partial charge in [-0.05, 0) is 18.3 Å². The Labute approximate surface area is 113 Å². The molecule has 2 heterocycles. The number of H-pyrrole nitrogens is 1. The molecule has 2 rings (SSSR count). The number of aromatic amines is 1. The van der Waals surface area contributed by atoms with Gasteiger partial charge in [0.05, 0.1) is 0 Å². The highest BCUT2D eigenvalue weighted by molar-refractivity contribution is 7.71. The van der Waals surface area contributed by atoms with Crippen molar-refractivity contribution in [1.82, 2.24) is 25.1 Å². The molecule has 2 aromatic heterocycles. The van der Waals surface area contributed by atoms with Gasteiger partial charge in [-0.25, -0.2) is 4.98 Å². The van der Waals surface area contributed by atoms with E-state index in [1.54, 1.807) is 11.6 Å². The molecule has 0 bridgehead atoms. The molecular formula is C11H12FN5OS. The quantitative estimate of drug-likeness (QED) is 0.647. The third kappa shape index (κ3) is 3.22. The lowest BCUT2D eigenvalue weighted by Crippen LogP contribution is -2.26. The van der Waals surface area contributed by atoms with Crippen LogP contribution in [-0.2, 0) is 13.5 Å². The minimum Gasteiger partial charge on any atom is -0.352 e. The minimum absolute atomic E-state index is 0.239. The van der Waals surface area contributed by atoms with Crippen LogP contribution in [0.25, 0.3) is 0 Å². The number of hydrogen-bond donors (Lipinski definition) is 2. The van der Waals surface area contributed by atoms with Gasteiger partial charge in [0, 0.05) is 37.8 Å². The topological polar surface area (TPSA) is 75.6 Å². The number of hydrogen-bond acceptors (Lipinski definition) is 4. The van der Waals surface area contributed by atoms with Crippen molar-refractivity contribution in [1.29, 1.82) is 0 Å². The highest BCUT2D eigenvalue weighted by Crippen LogP contribution is 2.00. The zero-order chi connectivity index (χ0) is 13.8. The molecule has 0 aromatic carbocycles. The highest BCUT2D eigenvalue weighted by Gasteiger charge is 2.07. The van der Waals surface area contributed by atoms with Crippen LogP contribution < -0.4 is 5.32 Å². The summed E-state index contributed by atoms with van der Waals surface area (Å²) in [5, 5.41) is 9.36. The summed E-state index contributed by atoms with van der Waals surface area (Å²) in [5.74, 6) is -0.286. The third-order valence-electron chi connectivity index (χ3n) is 2.60. The molecule has 0 aliphatic carbocycles. The van der Waals surface area contributed by atoms with Gasteiger partial charge in [0.2, 0.25) is 5.95 Å². The van der Waals surface area contributed by atoms with Gasteiger partial charge in [0.25, 0.3) is 5.91 Å². The number of aromatic nitrogens is 4. The Kier molecular flexibility index (Phi) is 4.00. The summed E-state index contributed by atoms with van der Waals surface area (Å²) in [6, 6.07) is 2.54. The summed E-state index contributed by atoms with van der Waals surface area (Å²) >= 11 is 4.98. The van der Waals surface area contributed by atoms with E-state index in [9.17, 15) is 9.18 Å². The molecule has 0 saturated heterocycles. The van der Waals surface area contributed by atoms with Crippen LogP contribution >= 0.6 is 12.2 Å². The minimum atomic E-state index is -0.679. The first-order valence-electron chi connectivity index (χ1n) is 5.58. The maximum atomic E-state index is 12.9. The number of carbonyl (C=O) groups is 1. The van der Waals surface area contributed by atoms with Gasteiger partial charge >= 0.3 is 0 Å². The fraction of sp³-hybridized carbons (Fsp3) is 0.273. The van der Waals surface area contributed by atoms with Gasteiger partial charge in [-0.2, -0.15) is 9.49 Å². The molecule has 2 N–H and O–H groups in total. The lowest BCUT2D eigenvalue weighted by molar-refractivity contribution is 0.0953. The van der Waals surface area contributed by atoms with Crippen molar-refractivity contribution in [3.63, 3.8) is 0 Å². The zero-order valence-electron chi connectivity index (χ0n) is 10.2. The summed E-state index contributed by atoms with van der Waals surface area (Å²) in [6.07, 6.45) is 1.78. The van der Waals surface area contributed by atoms with E-state index in [2.05, 4.69) is 20.5 Å². The number of nitrogens with one attached hydrogen (secondary N) is 2. The van der Waals surface area contributed by atoms with Gasteiger partial charge in [-0.3, -0.25) is 9.89 Å². The predicted octanol–water partition coefficient (Wildman–Crippen LogP) is 0.984. The van der Waals surface area contributed by atoms with E-state index in [0.717, 1.165) is 11.9 Å². The Morgan fingerprint density at radius 3 is 3.05 bits per heavy atom. The Morgan fingerprint density at radius 1 is 1.63 bits per heavy atom. The standard InChI is InChI=1S/C11H12FN5OS/c1-17-9(15-16-11(17)19)3-5-14-10(18)7-2-4-13-8(12)6-7/h2,4,6H,3,5H2,1H3,(H,14,18)(H,16,19). The first-order chi connectivity index (χ1) is 9.08. The molecule has 0 unspecified atom stereocenters. The number of rotatable bonds is 4. The van der Waals surface area contributed by atoms with Gasteiger partial charge in [0.1, 0.15) is 5.82 Å². The number of pyridine rings is 1. The van der Waals surface area contributed by atoms with E-state index >= 15 is 0 Å². The second-order valence-electron chi connectivity index (χ2n) is 3.88. The van der Waals surface area contributed by atoms with Crippen molar-refractivity contribution >= 4 is 18.1 Å². The van der Waals surface area contributed by atoms with Crippen molar-refractivity contribution in [2.45, 2.75) is 6.42 Å². The fourth-order valence-electron chi connectivity index (χ4n) is 1.54. The van der Waals surface area contributed by atoms with Crippen LogP contribution in [-0.4, -0.2) is 32.2 Å². The molecule has 0 saturated carbocycles. The van der Waals surface area contributed by atoms with Crippen LogP contribution in [0.4, 0.5) is 4.39 Å². The van der Waals surface area contributed by atoms with Gasteiger partial charge < -0.3 is 9.88 Å². The van der Waals surface area contributed by atoms with Crippen LogP contribution in [0.3, 0.4) is 0 Å². The van der Waals surface area contributed by atoms with Crippen LogP contribution in [0.5, 0.6) is 0 Å². The summed E-state index contributed by atoms with van der Waals surface area (Å²) in [6.45, 7) is 0.385. The van der Waals surface area contributed by atoms with Crippen molar-refractivity contribution in [2.75, 3.05) is 6.54 Å². The molecule has 6 nitrogen and oxygen atoms in total. The Morgan fingerprint density at radius 2 is 2.42 bits per heavy atom. The first-order valence-corrected chi connectivity index (χ1v) is 5.99. The lowest BCUT2D eigenvalue weighted by atomic mass is 10.2. The molecular weight excluding hydrogens is 269 g/mol. The summed E-state index contributed by atoms with van der Waals surface area (Å²) in [7, 11) is 1.79. The van der Waals surface area contributed by atoms with Crippen molar-refractivity contribution < 1.29 is 9.18 Å². The van der Waals surface area contributed by atoms with E-state index in [1.165, 1.54) is 12.3 Å². The number of amides is 1. The molecule has 19 heavy (non-hydrogen) atoms. The molecule has 0 aliphatic rings. The second-order valence-corrected chi connectivity index (χ2v) is 4.26. The predicted molar refractivity (Wildman–Crippen MR) is 68.6 cm³/mol. The molecule has 100 valence electrons. The molecule has 0 aliphatic heterocycles. The van der Waals surface area contributed by atoms with Gasteiger partial charge in [-0.15, -0.1) is 0 Å². The summed E-state index contributed by atoms with van der Waals surface area (Å²) in [5.41, 5.74) is 0.239. The van der Waals surface area contributed by atoms with Crippen molar-refractivity contribution in [3.05, 3.63) is 40.4 Å². The average Bonchev–Trinajstić information content (AvgIpc) is 2.70. The smallest absolute Gasteiger partial charge is 0.251 e. The molecule has 2 aromatic rings. The number of halogens is 1. The third-order valence-corrected chi connectivity index (χ3v) is 2.96. The van der Waals surface area contributed by atoms with Crippen LogP contribution in [0.2, 0.25) is 0 Å². The van der Waals surface area contributed by atoms with Crippen LogP contribution in [0, 0.1) is 10.7 Å². The Hall–Kier alpha value is -2.09. The monoisotopic (exact) mass is 281 g/mol. The first kappa shape index (κ1) is 13.3. The normalized spacial score (nSPS) is 10.4. The van der Waals surface area contributed by atoms with Crippen molar-refractivity contribution in [2.24, 2.45) is 7.05 Å². The van der Waals surface area contributed by atoms with Crippen molar-refractivity contribution in [3.8, 4) is 0 Å². The van der Waals surface area contributed by atoms with E-state index < -0.39 is 5.95 Å². The molecule has 8 heteroatoms. The van der Waals surface area contributed by atoms with E-state index in [1.807, 2.05) is 0 Å².